The average Bonchev–Trinajstić information content (AvgIpc) is 2.13. The topological polar surface area (TPSA) is 0 Å². The van der Waals surface area contributed by atoms with Gasteiger partial charge in [0.25, 0.3) is 0 Å². The Morgan fingerprint density at radius 1 is 0.529 bits per heavy atom. The molecule has 17 heavy (non-hydrogen) atoms. The highest BCUT2D eigenvalue weighted by Gasteiger charge is 2.07. The van der Waals surface area contributed by atoms with Gasteiger partial charge in [-0.1, -0.05) is 47.0 Å². The largest absolute Gasteiger partial charge is 0.0563 e. The Morgan fingerprint density at radius 3 is 1.41 bits per heavy atom. The second-order valence-corrected chi connectivity index (χ2v) is 5.15. The van der Waals surface area contributed by atoms with Crippen molar-refractivity contribution < 1.29 is 0 Å². The maximum Gasteiger partial charge on any atom is -0.0125 e. The van der Waals surface area contributed by atoms with Gasteiger partial charge in [-0.3, -0.25) is 0 Å². The molecule has 2 rings (SSSR count). The average molecular weight is 224 g/mol. The first-order chi connectivity index (χ1) is 7.97. The van der Waals surface area contributed by atoms with Gasteiger partial charge in [0, 0.05) is 0 Å². The van der Waals surface area contributed by atoms with Gasteiger partial charge in [0.05, 0.1) is 0 Å². The number of hydrogen-bond acceptors (Lipinski definition) is 0. The summed E-state index contributed by atoms with van der Waals surface area (Å²) in [6, 6.07) is 11.3. The molecule has 0 spiro atoms. The Kier molecular flexibility index (Phi) is 3.06. The molecule has 0 atom stereocenters. The van der Waals surface area contributed by atoms with Crippen LogP contribution in [-0.2, 0) is 0 Å². The molecule has 0 nitrogen and oxygen atoms in total. The van der Waals surface area contributed by atoms with Crippen LogP contribution in [0.15, 0.2) is 30.3 Å². The predicted octanol–water partition coefficient (Wildman–Crippen LogP) is 4.90. The zero-order chi connectivity index (χ0) is 12.6. The molecule has 0 aliphatic rings. The van der Waals surface area contributed by atoms with Crippen LogP contribution >= 0.6 is 0 Å². The molecule has 0 heterocycles. The van der Waals surface area contributed by atoms with Gasteiger partial charge in [0.2, 0.25) is 0 Å². The molecule has 88 valence electrons. The van der Waals surface area contributed by atoms with Gasteiger partial charge in [-0.2, -0.15) is 0 Å². The van der Waals surface area contributed by atoms with Crippen molar-refractivity contribution in [2.75, 3.05) is 0 Å². The van der Waals surface area contributed by atoms with Crippen LogP contribution < -0.4 is 0 Å². The van der Waals surface area contributed by atoms with E-state index in [2.05, 4.69) is 65.0 Å². The maximum absolute atomic E-state index is 2.28. The first-order valence-corrected chi connectivity index (χ1v) is 6.14. The lowest BCUT2D eigenvalue weighted by molar-refractivity contribution is 1.31. The molecular weight excluding hydrogens is 204 g/mol. The van der Waals surface area contributed by atoms with Crippen molar-refractivity contribution >= 4 is 0 Å². The number of hydrogen-bond donors (Lipinski definition) is 0. The summed E-state index contributed by atoms with van der Waals surface area (Å²) in [4.78, 5) is 0. The molecule has 0 radical (unpaired) electrons. The smallest absolute Gasteiger partial charge is 0.0125 e. The molecule has 0 unspecified atom stereocenters. The van der Waals surface area contributed by atoms with E-state index in [-0.39, 0.29) is 0 Å². The molecule has 0 aliphatic heterocycles. The second kappa shape index (κ2) is 4.37. The van der Waals surface area contributed by atoms with Crippen LogP contribution in [0.3, 0.4) is 0 Å². The molecule has 0 aliphatic carbocycles. The van der Waals surface area contributed by atoms with Crippen molar-refractivity contribution in [3.05, 3.63) is 58.1 Å². The fourth-order valence-corrected chi connectivity index (χ4v) is 2.75. The van der Waals surface area contributed by atoms with E-state index in [0.717, 1.165) is 0 Å². The van der Waals surface area contributed by atoms with Gasteiger partial charge < -0.3 is 0 Å². The third kappa shape index (κ3) is 2.41. The van der Waals surface area contributed by atoms with Gasteiger partial charge in [0.1, 0.15) is 0 Å². The zero-order valence-corrected chi connectivity index (χ0v) is 11.4. The summed E-state index contributed by atoms with van der Waals surface area (Å²) in [5.41, 5.74) is 9.48. The Bertz CT molecular complexity index is 519. The lowest BCUT2D eigenvalue weighted by Crippen LogP contribution is -1.91. The van der Waals surface area contributed by atoms with E-state index < -0.39 is 0 Å². The number of aryl methyl sites for hydroxylation is 5. The summed E-state index contributed by atoms with van der Waals surface area (Å²) in [6.45, 7) is 10.9. The van der Waals surface area contributed by atoms with Crippen LogP contribution in [0.5, 0.6) is 0 Å². The van der Waals surface area contributed by atoms with Crippen LogP contribution in [0.25, 0.3) is 11.1 Å². The van der Waals surface area contributed by atoms with E-state index in [1.54, 1.807) is 0 Å². The Balaban J connectivity index is 2.68. The summed E-state index contributed by atoms with van der Waals surface area (Å²) in [6.07, 6.45) is 0. The van der Waals surface area contributed by atoms with Gasteiger partial charge >= 0.3 is 0 Å². The van der Waals surface area contributed by atoms with Crippen LogP contribution in [-0.4, -0.2) is 0 Å². The lowest BCUT2D eigenvalue weighted by Gasteiger charge is -2.13. The first-order valence-electron chi connectivity index (χ1n) is 6.14. The minimum Gasteiger partial charge on any atom is -0.0563 e. The fraction of sp³-hybridized carbons (Fsp3) is 0.294. The van der Waals surface area contributed by atoms with Crippen LogP contribution in [0.2, 0.25) is 0 Å². The second-order valence-electron chi connectivity index (χ2n) is 5.15. The van der Waals surface area contributed by atoms with E-state index in [9.17, 15) is 0 Å². The Morgan fingerprint density at radius 2 is 0.941 bits per heavy atom. The van der Waals surface area contributed by atoms with E-state index >= 15 is 0 Å². The molecule has 0 aromatic heterocycles. The van der Waals surface area contributed by atoms with Crippen molar-refractivity contribution in [3.63, 3.8) is 0 Å². The van der Waals surface area contributed by atoms with Gasteiger partial charge in [-0.25, -0.2) is 0 Å². The lowest BCUT2D eigenvalue weighted by atomic mass is 9.92. The number of benzene rings is 2. The fourth-order valence-electron chi connectivity index (χ4n) is 2.75. The van der Waals surface area contributed by atoms with Crippen molar-refractivity contribution in [2.45, 2.75) is 34.6 Å². The Hall–Kier alpha value is -1.56. The molecule has 2 aromatic carbocycles. The van der Waals surface area contributed by atoms with Gasteiger partial charge in [-0.05, 0) is 56.9 Å². The summed E-state index contributed by atoms with van der Waals surface area (Å²) in [5.74, 6) is 0. The molecule has 0 fully saturated rings. The first kappa shape index (κ1) is 11.9. The number of rotatable bonds is 1. The maximum atomic E-state index is 2.28. The zero-order valence-electron chi connectivity index (χ0n) is 11.4. The van der Waals surface area contributed by atoms with Crippen LogP contribution in [0, 0.1) is 34.6 Å². The van der Waals surface area contributed by atoms with Crippen LogP contribution in [0.1, 0.15) is 27.8 Å². The minimum absolute atomic E-state index is 1.33. The molecule has 0 N–H and O–H groups in total. The van der Waals surface area contributed by atoms with Crippen molar-refractivity contribution in [2.24, 2.45) is 0 Å². The SMILES string of the molecule is Cc1cc(C)cc(-c2c(C)cc(C)cc2C)c1. The quantitative estimate of drug-likeness (QED) is 0.646. The summed E-state index contributed by atoms with van der Waals surface area (Å²) < 4.78 is 0. The van der Waals surface area contributed by atoms with E-state index in [1.807, 2.05) is 0 Å². The molecule has 0 amide bonds. The van der Waals surface area contributed by atoms with Crippen molar-refractivity contribution in [3.8, 4) is 11.1 Å². The van der Waals surface area contributed by atoms with Crippen molar-refractivity contribution in [1.82, 2.24) is 0 Å². The normalized spacial score (nSPS) is 10.6. The Labute approximate surface area is 104 Å². The standard InChI is InChI=1S/C17H20/c1-11-6-12(2)10-16(9-11)17-14(4)7-13(3)8-15(17)5/h6-10H,1-5H3. The van der Waals surface area contributed by atoms with E-state index in [0.29, 0.717) is 0 Å². The molecule has 0 bridgehead atoms. The summed E-state index contributed by atoms with van der Waals surface area (Å²) >= 11 is 0. The highest BCUT2D eigenvalue weighted by atomic mass is 14.1. The third-order valence-electron chi connectivity index (χ3n) is 3.19. The molecular formula is C17H20. The monoisotopic (exact) mass is 224 g/mol. The third-order valence-corrected chi connectivity index (χ3v) is 3.19. The van der Waals surface area contributed by atoms with Crippen molar-refractivity contribution in [1.29, 1.82) is 0 Å². The minimum atomic E-state index is 1.33. The molecule has 0 saturated carbocycles. The molecule has 2 aromatic rings. The van der Waals surface area contributed by atoms with Gasteiger partial charge in [-0.15, -0.1) is 0 Å². The molecule has 0 heteroatoms. The van der Waals surface area contributed by atoms with E-state index in [4.69, 9.17) is 0 Å². The highest BCUT2D eigenvalue weighted by molar-refractivity contribution is 5.72. The highest BCUT2D eigenvalue weighted by Crippen LogP contribution is 2.29. The van der Waals surface area contributed by atoms with E-state index in [1.165, 1.54) is 38.9 Å². The predicted molar refractivity (Wildman–Crippen MR) is 75.6 cm³/mol. The van der Waals surface area contributed by atoms with Crippen LogP contribution in [0.4, 0.5) is 0 Å². The summed E-state index contributed by atoms with van der Waals surface area (Å²) in [5, 5.41) is 0. The molecule has 0 saturated heterocycles. The summed E-state index contributed by atoms with van der Waals surface area (Å²) in [7, 11) is 0. The van der Waals surface area contributed by atoms with Gasteiger partial charge in [0.15, 0.2) is 0 Å².